The fraction of sp³-hybridized carbons (Fsp3) is 0.444. The largest absolute Gasteiger partial charge is 0.673 e. The van der Waals surface area contributed by atoms with Gasteiger partial charge in [0.05, 0.1) is 12.0 Å². The van der Waals surface area contributed by atoms with Gasteiger partial charge in [0, 0.05) is 23.9 Å². The maximum Gasteiger partial charge on any atom is 0.673 e. The Bertz CT molecular complexity index is 786. The van der Waals surface area contributed by atoms with Crippen molar-refractivity contribution in [3.05, 3.63) is 42.1 Å². The third-order valence-electron chi connectivity index (χ3n) is 4.39. The molecule has 0 amide bonds. The Hall–Kier alpha value is -2.12. The molecular formula is C18H22BF4NO2. The lowest BCUT2D eigenvalue weighted by Crippen LogP contribution is -2.40. The summed E-state index contributed by atoms with van der Waals surface area (Å²) in [7, 11) is -6.00. The Labute approximate surface area is 150 Å². The molecule has 1 aromatic carbocycles. The fourth-order valence-electron chi connectivity index (χ4n) is 3.53. The number of carbonyl (C=O) groups excluding carboxylic acids is 1. The lowest BCUT2D eigenvalue weighted by atomic mass is 9.86. The average Bonchev–Trinajstić information content (AvgIpc) is 2.77. The van der Waals surface area contributed by atoms with Crippen LogP contribution in [0.2, 0.25) is 0 Å². The maximum absolute atomic E-state index is 11.9. The number of benzene rings is 1. The Morgan fingerprint density at radius 2 is 1.81 bits per heavy atom. The summed E-state index contributed by atoms with van der Waals surface area (Å²) in [6.45, 7) is 6.80. The molecule has 0 bridgehead atoms. The van der Waals surface area contributed by atoms with Crippen molar-refractivity contribution in [2.75, 3.05) is 6.61 Å². The maximum atomic E-state index is 11.9. The SMILES string of the molecule is CCOC(=O)CC1CC(C)(C)c2ccc3ccccc3[n+]21.F[B-](F)(F)F. The summed E-state index contributed by atoms with van der Waals surface area (Å²) in [5.41, 5.74) is 2.59. The van der Waals surface area contributed by atoms with Crippen LogP contribution >= 0.6 is 0 Å². The smallest absolute Gasteiger partial charge is 0.466 e. The van der Waals surface area contributed by atoms with Gasteiger partial charge in [0.25, 0.3) is 0 Å². The van der Waals surface area contributed by atoms with Crippen molar-refractivity contribution in [2.24, 2.45) is 0 Å². The summed E-state index contributed by atoms with van der Waals surface area (Å²) in [5.74, 6) is -0.105. The predicted octanol–water partition coefficient (Wildman–Crippen LogP) is 4.60. The molecule has 0 saturated heterocycles. The van der Waals surface area contributed by atoms with Crippen LogP contribution in [0, 0.1) is 0 Å². The number of hydrogen-bond acceptors (Lipinski definition) is 2. The Morgan fingerprint density at radius 3 is 2.42 bits per heavy atom. The van der Waals surface area contributed by atoms with E-state index in [2.05, 4.69) is 54.8 Å². The van der Waals surface area contributed by atoms with Crippen molar-refractivity contribution in [3.8, 4) is 0 Å². The van der Waals surface area contributed by atoms with Gasteiger partial charge < -0.3 is 22.0 Å². The zero-order valence-corrected chi connectivity index (χ0v) is 15.0. The van der Waals surface area contributed by atoms with Gasteiger partial charge in [0.15, 0.2) is 11.7 Å². The van der Waals surface area contributed by atoms with E-state index in [1.165, 1.54) is 16.6 Å². The average molecular weight is 371 g/mol. The third-order valence-corrected chi connectivity index (χ3v) is 4.39. The zero-order valence-electron chi connectivity index (χ0n) is 15.0. The van der Waals surface area contributed by atoms with Crippen LogP contribution in [0.5, 0.6) is 0 Å². The number of hydrogen-bond donors (Lipinski definition) is 0. The number of rotatable bonds is 3. The van der Waals surface area contributed by atoms with Crippen LogP contribution in [0.4, 0.5) is 17.3 Å². The summed E-state index contributed by atoms with van der Waals surface area (Å²) in [6, 6.07) is 12.9. The van der Waals surface area contributed by atoms with Gasteiger partial charge in [-0.3, -0.25) is 4.79 Å². The summed E-state index contributed by atoms with van der Waals surface area (Å²) in [5, 5.41) is 1.22. The molecule has 1 unspecified atom stereocenters. The Balaban J connectivity index is 0.000000431. The van der Waals surface area contributed by atoms with E-state index in [1.807, 2.05) is 6.92 Å². The van der Waals surface area contributed by atoms with Crippen molar-refractivity contribution in [1.82, 2.24) is 0 Å². The standard InChI is InChI=1S/C18H22NO2.BF4/c1-4-21-17(20)11-14-12-18(2,3)16-10-9-13-7-5-6-8-15(13)19(14)16;2-1(3,4)5/h5-10,14H,4,11-12H2,1-3H3;/q+1;-1. The molecule has 1 atom stereocenters. The van der Waals surface area contributed by atoms with Crippen molar-refractivity contribution in [1.29, 1.82) is 0 Å². The highest BCUT2D eigenvalue weighted by molar-refractivity contribution is 6.50. The predicted molar refractivity (Wildman–Crippen MR) is 92.3 cm³/mol. The number of nitrogens with zero attached hydrogens (tertiary/aromatic N) is 1. The van der Waals surface area contributed by atoms with E-state index in [0.29, 0.717) is 13.0 Å². The first-order valence-electron chi connectivity index (χ1n) is 8.49. The van der Waals surface area contributed by atoms with Crippen LogP contribution < -0.4 is 4.57 Å². The molecule has 2 heterocycles. The molecule has 3 rings (SSSR count). The molecule has 1 aromatic heterocycles. The second-order valence-corrected chi connectivity index (χ2v) is 6.89. The molecule has 0 aliphatic carbocycles. The van der Waals surface area contributed by atoms with Crippen LogP contribution in [-0.2, 0) is 14.9 Å². The van der Waals surface area contributed by atoms with Gasteiger partial charge in [-0.15, -0.1) is 0 Å². The van der Waals surface area contributed by atoms with Gasteiger partial charge in [0.2, 0.25) is 5.52 Å². The summed E-state index contributed by atoms with van der Waals surface area (Å²) in [6.07, 6.45) is 1.42. The number of fused-ring (bicyclic) bond motifs is 3. The van der Waals surface area contributed by atoms with E-state index >= 15 is 0 Å². The fourth-order valence-corrected chi connectivity index (χ4v) is 3.53. The first-order chi connectivity index (χ1) is 12.0. The molecule has 26 heavy (non-hydrogen) atoms. The van der Waals surface area contributed by atoms with Crippen LogP contribution in [0.25, 0.3) is 10.9 Å². The normalized spacial score (nSPS) is 18.0. The molecule has 0 N–H and O–H groups in total. The van der Waals surface area contributed by atoms with Crippen LogP contribution in [0.1, 0.15) is 45.3 Å². The van der Waals surface area contributed by atoms with Gasteiger partial charge >= 0.3 is 13.2 Å². The van der Waals surface area contributed by atoms with Crippen molar-refractivity contribution in [3.63, 3.8) is 0 Å². The number of ether oxygens (including phenoxy) is 1. The second-order valence-electron chi connectivity index (χ2n) is 6.89. The van der Waals surface area contributed by atoms with E-state index in [9.17, 15) is 22.1 Å². The van der Waals surface area contributed by atoms with Crippen molar-refractivity contribution >= 4 is 24.1 Å². The van der Waals surface area contributed by atoms with Crippen LogP contribution in [0.15, 0.2) is 36.4 Å². The monoisotopic (exact) mass is 371 g/mol. The first kappa shape index (κ1) is 20.2. The quantitative estimate of drug-likeness (QED) is 0.342. The highest BCUT2D eigenvalue weighted by atomic mass is 19.5. The molecule has 142 valence electrons. The Morgan fingerprint density at radius 1 is 1.19 bits per heavy atom. The summed E-state index contributed by atoms with van der Waals surface area (Å²) >= 11 is 0. The van der Waals surface area contributed by atoms with E-state index in [4.69, 9.17) is 4.74 Å². The number of carbonyl (C=O) groups is 1. The highest BCUT2D eigenvalue weighted by Crippen LogP contribution is 2.38. The minimum atomic E-state index is -6.00. The molecule has 0 fully saturated rings. The van der Waals surface area contributed by atoms with Gasteiger partial charge in [-0.25, -0.2) is 0 Å². The third kappa shape index (κ3) is 4.96. The molecule has 0 saturated carbocycles. The Kier molecular flexibility index (Phi) is 5.93. The molecule has 3 nitrogen and oxygen atoms in total. The van der Waals surface area contributed by atoms with E-state index < -0.39 is 7.25 Å². The van der Waals surface area contributed by atoms with E-state index in [1.54, 1.807) is 0 Å². The lowest BCUT2D eigenvalue weighted by molar-refractivity contribution is -0.691. The first-order valence-corrected chi connectivity index (χ1v) is 8.49. The van der Waals surface area contributed by atoms with Gasteiger partial charge in [-0.05, 0) is 32.9 Å². The van der Waals surface area contributed by atoms with Crippen LogP contribution in [0.3, 0.4) is 0 Å². The molecule has 2 aromatic rings. The topological polar surface area (TPSA) is 30.2 Å². The zero-order chi connectivity index (χ0) is 19.5. The van der Waals surface area contributed by atoms with Crippen molar-refractivity contribution < 1.29 is 31.4 Å². The number of para-hydroxylation sites is 1. The van der Waals surface area contributed by atoms with Gasteiger partial charge in [0.1, 0.15) is 6.42 Å². The highest BCUT2D eigenvalue weighted by Gasteiger charge is 2.46. The van der Waals surface area contributed by atoms with Crippen LogP contribution in [-0.4, -0.2) is 19.8 Å². The molecule has 8 heteroatoms. The van der Waals surface area contributed by atoms with Gasteiger partial charge in [-0.1, -0.05) is 12.1 Å². The molecule has 0 radical (unpaired) electrons. The molecule has 1 aliphatic heterocycles. The summed E-state index contributed by atoms with van der Waals surface area (Å²) in [4.78, 5) is 11.9. The number of halogens is 4. The summed E-state index contributed by atoms with van der Waals surface area (Å²) < 4.78 is 46.5. The molecule has 1 aliphatic rings. The number of esters is 1. The molecular weight excluding hydrogens is 349 g/mol. The van der Waals surface area contributed by atoms with Crippen molar-refractivity contribution in [2.45, 2.75) is 45.1 Å². The minimum Gasteiger partial charge on any atom is -0.466 e. The second kappa shape index (κ2) is 7.64. The minimum absolute atomic E-state index is 0.0845. The van der Waals surface area contributed by atoms with E-state index in [-0.39, 0.29) is 17.4 Å². The molecule has 0 spiro atoms. The van der Waals surface area contributed by atoms with E-state index in [0.717, 1.165) is 6.42 Å². The number of pyridine rings is 1. The number of aromatic nitrogens is 1. The lowest BCUT2D eigenvalue weighted by Gasteiger charge is -2.11. The van der Waals surface area contributed by atoms with Gasteiger partial charge in [-0.2, -0.15) is 4.57 Å².